The molecule has 0 fully saturated rings. The second-order valence-electron chi connectivity index (χ2n) is 4.31. The van der Waals surface area contributed by atoms with Crippen molar-refractivity contribution in [2.24, 2.45) is 0 Å². The summed E-state index contributed by atoms with van der Waals surface area (Å²) >= 11 is 3.38. The van der Waals surface area contributed by atoms with Crippen LogP contribution in [0.25, 0.3) is 16.7 Å². The molecule has 0 bridgehead atoms. The molecular weight excluding hydrogens is 322 g/mol. The van der Waals surface area contributed by atoms with Crippen LogP contribution in [-0.2, 0) is 5.33 Å². The average Bonchev–Trinajstić information content (AvgIpc) is 2.90. The highest BCUT2D eigenvalue weighted by Crippen LogP contribution is 2.26. The third kappa shape index (κ3) is 2.08. The Morgan fingerprint density at radius 3 is 2.80 bits per heavy atom. The molecule has 0 aliphatic heterocycles. The molecule has 1 heterocycles. The van der Waals surface area contributed by atoms with E-state index >= 15 is 0 Å². The van der Waals surface area contributed by atoms with Crippen LogP contribution in [0.2, 0.25) is 0 Å². The number of benzene rings is 2. The van der Waals surface area contributed by atoms with Crippen LogP contribution in [-0.4, -0.2) is 14.5 Å². The summed E-state index contributed by atoms with van der Waals surface area (Å²) in [4.78, 5) is 14.8. The van der Waals surface area contributed by atoms with E-state index in [1.54, 1.807) is 18.5 Å². The first-order valence-electron chi connectivity index (χ1n) is 5.96. The Morgan fingerprint density at radius 1 is 1.25 bits per heavy atom. The molecule has 0 amide bonds. The number of hydrogen-bond acceptors (Lipinski definition) is 3. The minimum Gasteiger partial charge on any atom is -0.299 e. The van der Waals surface area contributed by atoms with Crippen LogP contribution in [0.3, 0.4) is 0 Å². The van der Waals surface area contributed by atoms with Gasteiger partial charge in [-0.1, -0.05) is 28.1 Å². The molecule has 1 aromatic heterocycles. The van der Waals surface area contributed by atoms with E-state index in [-0.39, 0.29) is 10.6 Å². The Labute approximate surface area is 123 Å². The lowest BCUT2D eigenvalue weighted by Gasteiger charge is -2.09. The fraction of sp³-hybridized carbons (Fsp3) is 0.0714. The molecule has 0 aliphatic carbocycles. The van der Waals surface area contributed by atoms with Gasteiger partial charge in [0, 0.05) is 17.5 Å². The zero-order valence-electron chi connectivity index (χ0n) is 10.4. The molecule has 0 aliphatic rings. The smallest absolute Gasteiger partial charge is 0.269 e. The maximum atomic E-state index is 10.9. The molecule has 3 rings (SSSR count). The number of halogens is 1. The molecule has 0 N–H and O–H groups in total. The lowest BCUT2D eigenvalue weighted by Crippen LogP contribution is -1.98. The maximum absolute atomic E-state index is 10.9. The van der Waals surface area contributed by atoms with Gasteiger partial charge in [0.15, 0.2) is 0 Å². The van der Waals surface area contributed by atoms with Crippen molar-refractivity contribution in [3.63, 3.8) is 0 Å². The average molecular weight is 332 g/mol. The fourth-order valence-corrected chi connectivity index (χ4v) is 2.63. The van der Waals surface area contributed by atoms with Crippen LogP contribution in [0.4, 0.5) is 5.69 Å². The van der Waals surface area contributed by atoms with Crippen LogP contribution in [0.1, 0.15) is 5.56 Å². The van der Waals surface area contributed by atoms with Crippen molar-refractivity contribution in [2.75, 3.05) is 0 Å². The summed E-state index contributed by atoms with van der Waals surface area (Å²) < 4.78 is 1.94. The number of rotatable bonds is 3. The normalized spacial score (nSPS) is 10.8. The second kappa shape index (κ2) is 5.05. The monoisotopic (exact) mass is 331 g/mol. The molecule has 6 heteroatoms. The lowest BCUT2D eigenvalue weighted by atomic mass is 10.1. The number of nitro benzene ring substituents is 1. The Kier molecular flexibility index (Phi) is 3.23. The maximum Gasteiger partial charge on any atom is 0.269 e. The van der Waals surface area contributed by atoms with Gasteiger partial charge in [0.2, 0.25) is 0 Å². The van der Waals surface area contributed by atoms with Gasteiger partial charge >= 0.3 is 0 Å². The Morgan fingerprint density at radius 2 is 2.05 bits per heavy atom. The van der Waals surface area contributed by atoms with Crippen molar-refractivity contribution in [1.82, 2.24) is 9.55 Å². The molecule has 0 spiro atoms. The number of alkyl halides is 1. The first-order valence-corrected chi connectivity index (χ1v) is 7.08. The SMILES string of the molecule is O=[N+]([O-])c1ccc(-n2cnc3ccccc32)c(CBr)c1. The van der Waals surface area contributed by atoms with Crippen LogP contribution in [0.5, 0.6) is 0 Å². The molecule has 0 unspecified atom stereocenters. The predicted molar refractivity (Wildman–Crippen MR) is 80.4 cm³/mol. The first kappa shape index (κ1) is 12.8. The Hall–Kier alpha value is -2.21. The van der Waals surface area contributed by atoms with Crippen molar-refractivity contribution in [1.29, 1.82) is 0 Å². The highest BCUT2D eigenvalue weighted by atomic mass is 79.9. The minimum atomic E-state index is -0.387. The van der Waals surface area contributed by atoms with Crippen LogP contribution in [0, 0.1) is 10.1 Å². The number of aromatic nitrogens is 2. The van der Waals surface area contributed by atoms with Crippen LogP contribution >= 0.6 is 15.9 Å². The summed E-state index contributed by atoms with van der Waals surface area (Å²) in [6.45, 7) is 0. The van der Waals surface area contributed by atoms with Gasteiger partial charge < -0.3 is 0 Å². The summed E-state index contributed by atoms with van der Waals surface area (Å²) in [5.74, 6) is 0. The van der Waals surface area contributed by atoms with Gasteiger partial charge in [-0.25, -0.2) is 4.98 Å². The zero-order chi connectivity index (χ0) is 14.1. The summed E-state index contributed by atoms with van der Waals surface area (Å²) in [6.07, 6.45) is 1.73. The Balaban J connectivity index is 2.21. The molecule has 0 radical (unpaired) electrons. The van der Waals surface area contributed by atoms with Gasteiger partial charge in [-0.2, -0.15) is 0 Å². The summed E-state index contributed by atoms with van der Waals surface area (Å²) in [6, 6.07) is 12.6. The number of non-ortho nitro benzene ring substituents is 1. The third-order valence-corrected chi connectivity index (χ3v) is 3.74. The number of imidazole rings is 1. The highest BCUT2D eigenvalue weighted by Gasteiger charge is 2.13. The lowest BCUT2D eigenvalue weighted by molar-refractivity contribution is -0.384. The number of fused-ring (bicyclic) bond motifs is 1. The number of hydrogen-bond donors (Lipinski definition) is 0. The van der Waals surface area contributed by atoms with E-state index in [0.717, 1.165) is 22.3 Å². The number of nitro groups is 1. The topological polar surface area (TPSA) is 61.0 Å². The van der Waals surface area contributed by atoms with Gasteiger partial charge in [0.05, 0.1) is 21.6 Å². The molecule has 100 valence electrons. The second-order valence-corrected chi connectivity index (χ2v) is 4.87. The minimum absolute atomic E-state index is 0.0904. The fourth-order valence-electron chi connectivity index (χ4n) is 2.18. The molecule has 3 aromatic rings. The van der Waals surface area contributed by atoms with Gasteiger partial charge in [0.1, 0.15) is 6.33 Å². The standard InChI is InChI=1S/C14H10BrN3O2/c15-8-10-7-11(18(19)20)5-6-13(10)17-9-16-12-3-1-2-4-14(12)17/h1-7,9H,8H2. The number of para-hydroxylation sites is 2. The summed E-state index contributed by atoms with van der Waals surface area (Å²) in [5.41, 5.74) is 3.70. The van der Waals surface area contributed by atoms with Gasteiger partial charge in [-0.05, 0) is 23.8 Å². The molecule has 2 aromatic carbocycles. The first-order chi connectivity index (χ1) is 9.70. The van der Waals surface area contributed by atoms with E-state index in [2.05, 4.69) is 20.9 Å². The highest BCUT2D eigenvalue weighted by molar-refractivity contribution is 9.08. The summed E-state index contributed by atoms with van der Waals surface area (Å²) in [7, 11) is 0. The van der Waals surface area contributed by atoms with Crippen LogP contribution < -0.4 is 0 Å². The third-order valence-electron chi connectivity index (χ3n) is 3.13. The van der Waals surface area contributed by atoms with Crippen molar-refractivity contribution >= 4 is 32.7 Å². The molecular formula is C14H10BrN3O2. The van der Waals surface area contributed by atoms with Gasteiger partial charge in [-0.15, -0.1) is 0 Å². The van der Waals surface area contributed by atoms with Crippen molar-refractivity contribution in [3.05, 3.63) is 64.5 Å². The molecule has 0 saturated carbocycles. The van der Waals surface area contributed by atoms with Crippen LogP contribution in [0.15, 0.2) is 48.8 Å². The van der Waals surface area contributed by atoms with E-state index in [9.17, 15) is 10.1 Å². The summed E-state index contributed by atoms with van der Waals surface area (Å²) in [5, 5.41) is 11.4. The van der Waals surface area contributed by atoms with Crippen molar-refractivity contribution in [2.45, 2.75) is 5.33 Å². The van der Waals surface area contributed by atoms with E-state index in [0.29, 0.717) is 5.33 Å². The largest absolute Gasteiger partial charge is 0.299 e. The quantitative estimate of drug-likeness (QED) is 0.416. The van der Waals surface area contributed by atoms with Crippen molar-refractivity contribution in [3.8, 4) is 5.69 Å². The molecule has 0 saturated heterocycles. The zero-order valence-corrected chi connectivity index (χ0v) is 11.9. The number of nitrogens with zero attached hydrogens (tertiary/aromatic N) is 3. The predicted octanol–water partition coefficient (Wildman–Crippen LogP) is 3.83. The van der Waals surface area contributed by atoms with Gasteiger partial charge in [-0.3, -0.25) is 14.7 Å². The molecule has 0 atom stereocenters. The van der Waals surface area contributed by atoms with E-state index < -0.39 is 0 Å². The molecule has 5 nitrogen and oxygen atoms in total. The Bertz CT molecular complexity index is 798. The molecule has 20 heavy (non-hydrogen) atoms. The van der Waals surface area contributed by atoms with E-state index in [1.807, 2.05) is 28.8 Å². The van der Waals surface area contributed by atoms with Crippen molar-refractivity contribution < 1.29 is 4.92 Å². The van der Waals surface area contributed by atoms with Gasteiger partial charge in [0.25, 0.3) is 5.69 Å². The van der Waals surface area contributed by atoms with E-state index in [1.165, 1.54) is 6.07 Å². The van der Waals surface area contributed by atoms with E-state index in [4.69, 9.17) is 0 Å².